The zero-order chi connectivity index (χ0) is 18.1. The zero-order valence-electron chi connectivity index (χ0n) is 14.0. The summed E-state index contributed by atoms with van der Waals surface area (Å²) in [5, 5.41) is 23.4. The predicted molar refractivity (Wildman–Crippen MR) is 97.7 cm³/mol. The number of H-pyrrole nitrogens is 1. The highest BCUT2D eigenvalue weighted by molar-refractivity contribution is 5.86. The van der Waals surface area contributed by atoms with Crippen molar-refractivity contribution in [3.05, 3.63) is 47.9 Å². The van der Waals surface area contributed by atoms with E-state index in [1.807, 2.05) is 6.20 Å². The van der Waals surface area contributed by atoms with E-state index in [4.69, 9.17) is 5.11 Å². The monoisotopic (exact) mass is 351 g/mol. The average molecular weight is 351 g/mol. The molecule has 0 aliphatic carbocycles. The molecule has 9 heteroatoms. The van der Waals surface area contributed by atoms with Crippen LogP contribution in [-0.2, 0) is 6.42 Å². The van der Waals surface area contributed by atoms with Gasteiger partial charge in [-0.15, -0.1) is 10.2 Å². The minimum atomic E-state index is -1.19. The maximum atomic E-state index is 10.8. The summed E-state index contributed by atoms with van der Waals surface area (Å²) in [5.74, 6) is 0.680. The number of hydrogen-bond acceptors (Lipinski definition) is 5. The number of anilines is 2. The van der Waals surface area contributed by atoms with Crippen molar-refractivity contribution in [2.45, 2.75) is 13.3 Å². The molecule has 1 amide bonds. The molecule has 3 heterocycles. The van der Waals surface area contributed by atoms with Gasteiger partial charge in [0.05, 0.1) is 0 Å². The average Bonchev–Trinajstić information content (AvgIpc) is 3.21. The Morgan fingerprint density at radius 2 is 2.23 bits per heavy atom. The molecule has 0 saturated heterocycles. The number of amides is 1. The number of benzene rings is 1. The summed E-state index contributed by atoms with van der Waals surface area (Å²) in [4.78, 5) is 18.4. The van der Waals surface area contributed by atoms with Gasteiger partial charge >= 0.3 is 6.09 Å². The van der Waals surface area contributed by atoms with Crippen LogP contribution in [0.2, 0.25) is 0 Å². The van der Waals surface area contributed by atoms with Crippen LogP contribution >= 0.6 is 0 Å². The van der Waals surface area contributed by atoms with Crippen molar-refractivity contribution in [2.24, 2.45) is 0 Å². The third-order valence-corrected chi connectivity index (χ3v) is 4.24. The fraction of sp³-hybridized carbons (Fsp3) is 0.176. The molecule has 4 rings (SSSR count). The normalized spacial score (nSPS) is 11.1. The van der Waals surface area contributed by atoms with Crippen molar-refractivity contribution >= 4 is 34.4 Å². The summed E-state index contributed by atoms with van der Waals surface area (Å²) in [6.07, 6.45) is 4.81. The van der Waals surface area contributed by atoms with Gasteiger partial charge in [0.25, 0.3) is 0 Å². The number of hydrogen-bond donors (Lipinski definition) is 4. The SMILES string of the molecule is Cc1cccc2c(CCNc3nccn4c(NC(=O)O)nnc34)c[nH]c12. The highest BCUT2D eigenvalue weighted by Gasteiger charge is 2.12. The molecule has 4 N–H and O–H groups in total. The highest BCUT2D eigenvalue weighted by Crippen LogP contribution is 2.22. The number of nitrogens with one attached hydrogen (secondary N) is 3. The van der Waals surface area contributed by atoms with Crippen LogP contribution in [0.25, 0.3) is 16.6 Å². The van der Waals surface area contributed by atoms with E-state index in [0.717, 1.165) is 11.9 Å². The Morgan fingerprint density at radius 1 is 1.35 bits per heavy atom. The molecule has 0 saturated carbocycles. The number of aromatic nitrogens is 5. The number of para-hydroxylation sites is 1. The molecule has 0 bridgehead atoms. The standard InChI is InChI=1S/C17H17N7O2/c1-10-3-2-4-12-11(9-20-13(10)12)5-6-18-14-15-22-23-16(21-17(25)26)24(15)8-7-19-14/h2-4,7-9,20H,5-6H2,1H3,(H,18,19)(H,21,23)(H,25,26). The molecule has 9 nitrogen and oxygen atoms in total. The molecule has 4 aromatic rings. The summed E-state index contributed by atoms with van der Waals surface area (Å²) in [6.45, 7) is 2.74. The minimum Gasteiger partial charge on any atom is -0.465 e. The molecule has 0 aliphatic heterocycles. The van der Waals surface area contributed by atoms with Gasteiger partial charge in [0.1, 0.15) is 0 Å². The van der Waals surface area contributed by atoms with Crippen LogP contribution < -0.4 is 10.6 Å². The Bertz CT molecular complexity index is 1100. The molecule has 26 heavy (non-hydrogen) atoms. The first-order chi connectivity index (χ1) is 12.6. The molecular formula is C17H17N7O2. The summed E-state index contributed by atoms with van der Waals surface area (Å²) >= 11 is 0. The topological polar surface area (TPSA) is 120 Å². The summed E-state index contributed by atoms with van der Waals surface area (Å²) in [5.41, 5.74) is 4.06. The van der Waals surface area contributed by atoms with Crippen LogP contribution in [-0.4, -0.2) is 42.3 Å². The zero-order valence-corrected chi connectivity index (χ0v) is 14.0. The Morgan fingerprint density at radius 3 is 3.08 bits per heavy atom. The van der Waals surface area contributed by atoms with Crippen molar-refractivity contribution in [1.82, 2.24) is 24.6 Å². The van der Waals surface area contributed by atoms with Crippen molar-refractivity contribution < 1.29 is 9.90 Å². The highest BCUT2D eigenvalue weighted by atomic mass is 16.4. The molecule has 0 unspecified atom stereocenters. The molecule has 132 valence electrons. The second-order valence-electron chi connectivity index (χ2n) is 5.91. The number of carbonyl (C=O) groups is 1. The molecular weight excluding hydrogens is 334 g/mol. The Balaban J connectivity index is 1.52. The van der Waals surface area contributed by atoms with Gasteiger partial charge in [-0.3, -0.25) is 9.72 Å². The summed E-state index contributed by atoms with van der Waals surface area (Å²) < 4.78 is 1.54. The third-order valence-electron chi connectivity index (χ3n) is 4.24. The number of rotatable bonds is 5. The largest absolute Gasteiger partial charge is 0.465 e. The first-order valence-electron chi connectivity index (χ1n) is 8.12. The maximum absolute atomic E-state index is 10.8. The molecule has 0 spiro atoms. The molecule has 0 fully saturated rings. The second kappa shape index (κ2) is 6.36. The number of aromatic amines is 1. The first-order valence-corrected chi connectivity index (χ1v) is 8.12. The molecule has 0 radical (unpaired) electrons. The fourth-order valence-corrected chi connectivity index (χ4v) is 3.02. The summed E-state index contributed by atoms with van der Waals surface area (Å²) in [7, 11) is 0. The quantitative estimate of drug-likeness (QED) is 0.439. The lowest BCUT2D eigenvalue weighted by atomic mass is 10.1. The Hall–Kier alpha value is -3.62. The van der Waals surface area contributed by atoms with Crippen molar-refractivity contribution in [2.75, 3.05) is 17.2 Å². The van der Waals surface area contributed by atoms with Gasteiger partial charge in [-0.05, 0) is 24.5 Å². The van der Waals surface area contributed by atoms with Crippen molar-refractivity contribution in [3.8, 4) is 0 Å². The third kappa shape index (κ3) is 2.79. The van der Waals surface area contributed by atoms with Crippen LogP contribution in [0.15, 0.2) is 36.8 Å². The van der Waals surface area contributed by atoms with E-state index in [1.165, 1.54) is 16.5 Å². The fourth-order valence-electron chi connectivity index (χ4n) is 3.02. The predicted octanol–water partition coefficient (Wildman–Crippen LogP) is 2.66. The minimum absolute atomic E-state index is 0.130. The molecule has 3 aromatic heterocycles. The number of nitrogens with zero attached hydrogens (tertiary/aromatic N) is 4. The van der Waals surface area contributed by atoms with Crippen molar-refractivity contribution in [1.29, 1.82) is 0 Å². The van der Waals surface area contributed by atoms with Gasteiger partial charge in [0, 0.05) is 36.0 Å². The van der Waals surface area contributed by atoms with Crippen LogP contribution in [0.1, 0.15) is 11.1 Å². The lowest BCUT2D eigenvalue weighted by Gasteiger charge is -2.06. The number of fused-ring (bicyclic) bond motifs is 2. The summed E-state index contributed by atoms with van der Waals surface area (Å²) in [6, 6.07) is 6.24. The lowest BCUT2D eigenvalue weighted by molar-refractivity contribution is 0.209. The van der Waals surface area contributed by atoms with E-state index in [2.05, 4.69) is 55.9 Å². The van der Waals surface area contributed by atoms with Crippen LogP contribution in [0.4, 0.5) is 16.6 Å². The van der Waals surface area contributed by atoms with E-state index < -0.39 is 6.09 Å². The molecule has 0 aliphatic rings. The smallest absolute Gasteiger partial charge is 0.411 e. The van der Waals surface area contributed by atoms with Crippen molar-refractivity contribution in [3.63, 3.8) is 0 Å². The van der Waals surface area contributed by atoms with E-state index >= 15 is 0 Å². The molecule has 1 aromatic carbocycles. The number of aryl methyl sites for hydroxylation is 1. The van der Waals surface area contributed by atoms with Gasteiger partial charge in [0.15, 0.2) is 5.82 Å². The number of carboxylic acid groups (broad SMARTS) is 1. The van der Waals surface area contributed by atoms with E-state index in [9.17, 15) is 4.79 Å². The Kier molecular flexibility index (Phi) is 3.88. The van der Waals surface area contributed by atoms with Gasteiger partial charge in [-0.25, -0.2) is 9.78 Å². The van der Waals surface area contributed by atoms with Gasteiger partial charge in [-0.2, -0.15) is 0 Å². The second-order valence-corrected chi connectivity index (χ2v) is 5.91. The van der Waals surface area contributed by atoms with Crippen LogP contribution in [0.3, 0.4) is 0 Å². The van der Waals surface area contributed by atoms with Crippen LogP contribution in [0, 0.1) is 6.92 Å². The van der Waals surface area contributed by atoms with Gasteiger partial charge in [-0.1, -0.05) is 18.2 Å². The van der Waals surface area contributed by atoms with Gasteiger partial charge < -0.3 is 15.4 Å². The lowest BCUT2D eigenvalue weighted by Crippen LogP contribution is -2.11. The van der Waals surface area contributed by atoms with E-state index in [-0.39, 0.29) is 5.95 Å². The van der Waals surface area contributed by atoms with Gasteiger partial charge in [0.2, 0.25) is 11.6 Å². The van der Waals surface area contributed by atoms with E-state index in [1.54, 1.807) is 16.8 Å². The maximum Gasteiger partial charge on any atom is 0.411 e. The molecule has 0 atom stereocenters. The first kappa shape index (κ1) is 15.9. The Labute approximate surface area is 148 Å². The van der Waals surface area contributed by atoms with E-state index in [0.29, 0.717) is 18.0 Å². The van der Waals surface area contributed by atoms with Crippen LogP contribution in [0.5, 0.6) is 0 Å².